The summed E-state index contributed by atoms with van der Waals surface area (Å²) in [5.74, 6) is -0.0710. The molecule has 5 nitrogen and oxygen atoms in total. The largest absolute Gasteiger partial charge is 0.496 e. The van der Waals surface area contributed by atoms with Crippen LogP contribution < -0.4 is 9.64 Å². The monoisotopic (exact) mass is 480 g/mol. The molecule has 2 aliphatic rings. The highest BCUT2D eigenvalue weighted by Gasteiger charge is 2.36. The van der Waals surface area contributed by atoms with Crippen LogP contribution in [0.3, 0.4) is 0 Å². The predicted octanol–water partition coefficient (Wildman–Crippen LogP) is 6.48. The number of amides is 2. The SMILES string of the molecule is CCCN1c2cc(OC)c(/C=C3/SC(=O)N(Cc4ccc(F)cc4)C3=O)cc2C(C)=CC1(C)C. The molecule has 2 aliphatic heterocycles. The third kappa shape index (κ3) is 4.49. The van der Waals surface area contributed by atoms with Crippen LogP contribution in [0.2, 0.25) is 0 Å². The molecule has 2 heterocycles. The zero-order valence-corrected chi connectivity index (χ0v) is 21.0. The Balaban J connectivity index is 1.69. The summed E-state index contributed by atoms with van der Waals surface area (Å²) in [6, 6.07) is 9.85. The van der Waals surface area contributed by atoms with Gasteiger partial charge in [0, 0.05) is 29.4 Å². The quantitative estimate of drug-likeness (QED) is 0.443. The summed E-state index contributed by atoms with van der Waals surface area (Å²) in [6.07, 6.45) is 5.00. The summed E-state index contributed by atoms with van der Waals surface area (Å²) in [5, 5.41) is -0.343. The van der Waals surface area contributed by atoms with Crippen molar-refractivity contribution in [3.63, 3.8) is 0 Å². The van der Waals surface area contributed by atoms with Crippen molar-refractivity contribution in [2.45, 2.75) is 46.2 Å². The van der Waals surface area contributed by atoms with E-state index in [2.05, 4.69) is 38.7 Å². The molecule has 0 atom stereocenters. The number of fused-ring (bicyclic) bond motifs is 1. The molecule has 0 spiro atoms. The van der Waals surface area contributed by atoms with Gasteiger partial charge in [0.2, 0.25) is 0 Å². The summed E-state index contributed by atoms with van der Waals surface area (Å²) in [6.45, 7) is 9.67. The molecule has 0 aliphatic carbocycles. The molecule has 7 heteroatoms. The van der Waals surface area contributed by atoms with Gasteiger partial charge in [0.25, 0.3) is 11.1 Å². The molecule has 0 unspecified atom stereocenters. The Morgan fingerprint density at radius 3 is 2.50 bits per heavy atom. The minimum absolute atomic E-state index is 0.104. The first kappa shape index (κ1) is 24.1. The highest BCUT2D eigenvalue weighted by molar-refractivity contribution is 8.18. The molecule has 0 bridgehead atoms. The Labute approximate surface area is 204 Å². The molecule has 0 radical (unpaired) electrons. The van der Waals surface area contributed by atoms with Gasteiger partial charge in [-0.3, -0.25) is 14.5 Å². The van der Waals surface area contributed by atoms with Crippen LogP contribution in [0.5, 0.6) is 5.75 Å². The van der Waals surface area contributed by atoms with Crippen molar-refractivity contribution in [3.8, 4) is 5.75 Å². The van der Waals surface area contributed by atoms with Crippen LogP contribution in [0.4, 0.5) is 14.9 Å². The van der Waals surface area contributed by atoms with Crippen molar-refractivity contribution in [1.82, 2.24) is 4.90 Å². The van der Waals surface area contributed by atoms with Crippen molar-refractivity contribution < 1.29 is 18.7 Å². The molecule has 0 aromatic heterocycles. The van der Waals surface area contributed by atoms with Crippen LogP contribution in [0, 0.1) is 5.82 Å². The van der Waals surface area contributed by atoms with Crippen LogP contribution in [0.1, 0.15) is 50.8 Å². The van der Waals surface area contributed by atoms with Crippen molar-refractivity contribution in [3.05, 3.63) is 69.9 Å². The molecular formula is C27H29FN2O3S. The first-order chi connectivity index (χ1) is 16.1. The second-order valence-electron chi connectivity index (χ2n) is 9.14. The minimum Gasteiger partial charge on any atom is -0.496 e. The van der Waals surface area contributed by atoms with E-state index in [0.717, 1.165) is 47.1 Å². The van der Waals surface area contributed by atoms with Crippen LogP contribution in [0.25, 0.3) is 11.6 Å². The van der Waals surface area contributed by atoms with Gasteiger partial charge in [0.05, 0.1) is 24.1 Å². The van der Waals surface area contributed by atoms with Gasteiger partial charge in [-0.1, -0.05) is 25.1 Å². The van der Waals surface area contributed by atoms with E-state index in [1.165, 1.54) is 17.0 Å². The normalized spacial score (nSPS) is 18.4. The van der Waals surface area contributed by atoms with Crippen LogP contribution >= 0.6 is 11.8 Å². The van der Waals surface area contributed by atoms with Gasteiger partial charge in [-0.25, -0.2) is 4.39 Å². The fourth-order valence-corrected chi connectivity index (χ4v) is 5.42. The Morgan fingerprint density at radius 1 is 1.15 bits per heavy atom. The molecule has 178 valence electrons. The van der Waals surface area contributed by atoms with Crippen molar-refractivity contribution in [2.75, 3.05) is 18.6 Å². The number of hydrogen-bond donors (Lipinski definition) is 0. The van der Waals surface area contributed by atoms with E-state index in [1.54, 1.807) is 25.3 Å². The molecule has 34 heavy (non-hydrogen) atoms. The van der Waals surface area contributed by atoms with Gasteiger partial charge in [0.15, 0.2) is 0 Å². The topological polar surface area (TPSA) is 49.9 Å². The van der Waals surface area contributed by atoms with Gasteiger partial charge in [-0.05, 0) is 74.4 Å². The number of imide groups is 1. The predicted molar refractivity (Wildman–Crippen MR) is 136 cm³/mol. The Bertz CT molecular complexity index is 1200. The van der Waals surface area contributed by atoms with E-state index >= 15 is 0 Å². The van der Waals surface area contributed by atoms with E-state index < -0.39 is 0 Å². The number of carbonyl (C=O) groups is 2. The van der Waals surface area contributed by atoms with Gasteiger partial charge in [0.1, 0.15) is 11.6 Å². The molecule has 2 aromatic carbocycles. The Hall–Kier alpha value is -3.06. The number of halogens is 1. The lowest BCUT2D eigenvalue weighted by Crippen LogP contribution is -2.45. The minimum atomic E-state index is -0.361. The standard InChI is InChI=1S/C27H29FN2O3S/c1-6-11-30-22-14-23(33-5)19(12-21(22)17(2)15-27(30,3)4)13-24-25(31)29(26(32)34-24)16-18-7-9-20(28)10-8-18/h7-10,12-15H,6,11,16H2,1-5H3/b24-13+. The van der Waals surface area contributed by atoms with E-state index in [1.807, 2.05) is 12.1 Å². The maximum Gasteiger partial charge on any atom is 0.293 e. The summed E-state index contributed by atoms with van der Waals surface area (Å²) in [5.41, 5.74) is 4.67. The average molecular weight is 481 g/mol. The maximum atomic E-state index is 13.2. The Kier molecular flexibility index (Phi) is 6.58. The van der Waals surface area contributed by atoms with Gasteiger partial charge < -0.3 is 9.64 Å². The molecule has 2 amide bonds. The first-order valence-corrected chi connectivity index (χ1v) is 12.2. The highest BCUT2D eigenvalue weighted by atomic mass is 32.2. The number of benzene rings is 2. The molecule has 1 fully saturated rings. The van der Waals surface area contributed by atoms with Crippen LogP contribution in [0.15, 0.2) is 47.4 Å². The second kappa shape index (κ2) is 9.29. The lowest BCUT2D eigenvalue weighted by atomic mass is 9.87. The van der Waals surface area contributed by atoms with Crippen LogP contribution in [-0.4, -0.2) is 35.2 Å². The third-order valence-corrected chi connectivity index (χ3v) is 7.10. The number of thioether (sulfide) groups is 1. The number of nitrogens with zero attached hydrogens (tertiary/aromatic N) is 2. The smallest absolute Gasteiger partial charge is 0.293 e. The van der Waals surface area contributed by atoms with Gasteiger partial charge >= 0.3 is 0 Å². The fraction of sp³-hybridized carbons (Fsp3) is 0.333. The number of methoxy groups -OCH3 is 1. The van der Waals surface area contributed by atoms with E-state index in [-0.39, 0.29) is 29.0 Å². The first-order valence-electron chi connectivity index (χ1n) is 11.3. The summed E-state index contributed by atoms with van der Waals surface area (Å²) < 4.78 is 18.9. The highest BCUT2D eigenvalue weighted by Crippen LogP contribution is 2.43. The molecule has 0 saturated carbocycles. The van der Waals surface area contributed by atoms with Gasteiger partial charge in [-0.2, -0.15) is 0 Å². The number of allylic oxidation sites excluding steroid dienone is 1. The number of carbonyl (C=O) groups excluding carboxylic acids is 2. The van der Waals surface area contributed by atoms with E-state index in [4.69, 9.17) is 4.74 Å². The zero-order valence-electron chi connectivity index (χ0n) is 20.1. The average Bonchev–Trinajstić information content (AvgIpc) is 3.05. The lowest BCUT2D eigenvalue weighted by Gasteiger charge is -2.43. The number of ether oxygens (including phenoxy) is 1. The van der Waals surface area contributed by atoms with Crippen molar-refractivity contribution in [1.29, 1.82) is 0 Å². The van der Waals surface area contributed by atoms with E-state index in [0.29, 0.717) is 16.2 Å². The molecule has 1 saturated heterocycles. The lowest BCUT2D eigenvalue weighted by molar-refractivity contribution is -0.123. The maximum absolute atomic E-state index is 13.2. The van der Waals surface area contributed by atoms with Crippen molar-refractivity contribution >= 4 is 40.2 Å². The molecular weight excluding hydrogens is 451 g/mol. The number of rotatable bonds is 6. The van der Waals surface area contributed by atoms with Crippen molar-refractivity contribution in [2.24, 2.45) is 0 Å². The van der Waals surface area contributed by atoms with Crippen LogP contribution in [-0.2, 0) is 11.3 Å². The second-order valence-corrected chi connectivity index (χ2v) is 10.1. The molecule has 2 aromatic rings. The van der Waals surface area contributed by atoms with E-state index in [9.17, 15) is 14.0 Å². The van der Waals surface area contributed by atoms with Gasteiger partial charge in [-0.15, -0.1) is 0 Å². The fourth-order valence-electron chi connectivity index (χ4n) is 4.59. The summed E-state index contributed by atoms with van der Waals surface area (Å²) in [7, 11) is 1.61. The summed E-state index contributed by atoms with van der Waals surface area (Å²) >= 11 is 0.909. The number of hydrogen-bond acceptors (Lipinski definition) is 5. The summed E-state index contributed by atoms with van der Waals surface area (Å²) in [4.78, 5) is 29.5. The zero-order chi connectivity index (χ0) is 24.6. The Morgan fingerprint density at radius 2 is 1.85 bits per heavy atom. The third-order valence-electron chi connectivity index (χ3n) is 6.19. The molecule has 0 N–H and O–H groups in total. The number of anilines is 1. The molecule has 4 rings (SSSR count).